The van der Waals surface area contributed by atoms with E-state index in [0.717, 1.165) is 5.54 Å². The van der Waals surface area contributed by atoms with Crippen LogP contribution in [-0.4, -0.2) is 0 Å². The summed E-state index contributed by atoms with van der Waals surface area (Å²) in [6.45, 7) is 4.49. The molecule has 0 aliphatic rings. The Balaban J connectivity index is 0. The van der Waals surface area contributed by atoms with Crippen LogP contribution in [0.4, 0.5) is 0 Å². The average Bonchev–Trinajstić information content (AvgIpc) is 0.918. The van der Waals surface area contributed by atoms with Gasteiger partial charge in [0, 0.05) is 0 Å². The molecule has 0 saturated carbocycles. The third-order valence-corrected chi connectivity index (χ3v) is 0. The van der Waals surface area contributed by atoms with E-state index in [9.17, 15) is 0 Å². The fraction of sp³-hybridized carbons (Fsp3) is 0. The number of rotatable bonds is 0. The van der Waals surface area contributed by atoms with Crippen LogP contribution in [0.3, 0.4) is 0 Å². The van der Waals surface area contributed by atoms with Crippen molar-refractivity contribution in [1.82, 2.24) is 0 Å². The molecule has 0 aliphatic carbocycles. The molecule has 2 heteroatoms. The molecule has 0 heterocycles. The van der Waals surface area contributed by atoms with Gasteiger partial charge in [-0.25, -0.2) is 0 Å². The monoisotopic (exact) mass is 258 g/mol. The van der Waals surface area contributed by atoms with Gasteiger partial charge >= 0.3 is 22.4 Å². The summed E-state index contributed by atoms with van der Waals surface area (Å²) in [6, 6.07) is 0. The molecule has 28 valence electrons. The molecular weight excluding hydrogens is 256 g/mol. The summed E-state index contributed by atoms with van der Waals surface area (Å²) in [5, 5.41) is 0. The molecule has 0 fully saturated rings. The Morgan fingerprint density at radius 1 is 1.75 bits per heavy atom. The molecule has 4 heavy (non-hydrogen) atoms. The van der Waals surface area contributed by atoms with E-state index < -0.39 is 0 Å². The van der Waals surface area contributed by atoms with Crippen molar-refractivity contribution in [3.05, 3.63) is 12.1 Å². The van der Waals surface area contributed by atoms with Gasteiger partial charge in [-0.15, -0.1) is 11.6 Å². The van der Waals surface area contributed by atoms with Crippen LogP contribution >= 0.6 is 11.6 Å². The van der Waals surface area contributed by atoms with Gasteiger partial charge < -0.3 is 6.58 Å². The summed E-state index contributed by atoms with van der Waals surface area (Å²) < 4.78 is 0. The maximum absolute atomic E-state index is 4.65. The standard InChI is InChI=1S/C2H2Cl.Au/c1-2-3;/h1-2H;/q-1;+1. The first-order chi connectivity index (χ1) is 1.41. The minimum atomic E-state index is 0. The molecule has 0 aliphatic heterocycles. The number of hydrogen-bond acceptors (Lipinski definition) is 0. The molecule has 0 unspecified atom stereocenters. The molecule has 0 aromatic heterocycles. The van der Waals surface area contributed by atoms with E-state index in [1.165, 1.54) is 0 Å². The molecule has 0 spiro atoms. The Morgan fingerprint density at radius 3 is 1.75 bits per heavy atom. The quantitative estimate of drug-likeness (QED) is 0.452. The van der Waals surface area contributed by atoms with Gasteiger partial charge in [0.05, 0.1) is 0 Å². The largest absolute Gasteiger partial charge is 1.00 e. The number of halogens is 1. The topological polar surface area (TPSA) is 0 Å². The summed E-state index contributed by atoms with van der Waals surface area (Å²) in [7, 11) is 0. The van der Waals surface area contributed by atoms with Crippen molar-refractivity contribution in [2.45, 2.75) is 0 Å². The average molecular weight is 258 g/mol. The second kappa shape index (κ2) is 9.23. The maximum Gasteiger partial charge on any atom is 1.00 e. The summed E-state index contributed by atoms with van der Waals surface area (Å²) in [4.78, 5) is 0. The van der Waals surface area contributed by atoms with E-state index in [2.05, 4.69) is 18.2 Å². The molecule has 0 bridgehead atoms. The first-order valence-corrected chi connectivity index (χ1v) is 0.988. The van der Waals surface area contributed by atoms with Gasteiger partial charge in [0.1, 0.15) is 0 Å². The summed E-state index contributed by atoms with van der Waals surface area (Å²) >= 11 is 4.65. The van der Waals surface area contributed by atoms with Crippen LogP contribution in [0.1, 0.15) is 0 Å². The van der Waals surface area contributed by atoms with E-state index in [1.54, 1.807) is 0 Å². The van der Waals surface area contributed by atoms with Crippen LogP contribution in [0.5, 0.6) is 0 Å². The van der Waals surface area contributed by atoms with Crippen LogP contribution < -0.4 is 0 Å². The zero-order valence-corrected chi connectivity index (χ0v) is 4.76. The molecule has 0 saturated heterocycles. The Labute approximate surface area is 46.4 Å². The van der Waals surface area contributed by atoms with Crippen molar-refractivity contribution in [3.63, 3.8) is 0 Å². The van der Waals surface area contributed by atoms with Gasteiger partial charge in [0.15, 0.2) is 0 Å². The molecular formula is C2H2AuCl. The minimum Gasteiger partial charge on any atom is -0.502 e. The summed E-state index contributed by atoms with van der Waals surface area (Å²) in [5.41, 5.74) is 0.972. The molecule has 0 N–H and O–H groups in total. The van der Waals surface area contributed by atoms with Gasteiger partial charge in [-0.05, 0) is 0 Å². The Kier molecular flexibility index (Phi) is 20.4. The molecule has 0 atom stereocenters. The smallest absolute Gasteiger partial charge is 0.502 e. The predicted molar refractivity (Wildman–Crippen MR) is 14.7 cm³/mol. The summed E-state index contributed by atoms with van der Waals surface area (Å²) in [6.07, 6.45) is 0. The van der Waals surface area contributed by atoms with Crippen molar-refractivity contribution >= 4 is 11.6 Å². The van der Waals surface area contributed by atoms with Crippen molar-refractivity contribution in [2.24, 2.45) is 0 Å². The second-order valence-corrected chi connectivity index (χ2v) is 0.378. The van der Waals surface area contributed by atoms with E-state index in [0.29, 0.717) is 0 Å². The summed E-state index contributed by atoms with van der Waals surface area (Å²) in [5.74, 6) is 0. The van der Waals surface area contributed by atoms with Gasteiger partial charge in [0.2, 0.25) is 0 Å². The third-order valence-electron chi connectivity index (χ3n) is 0. The first-order valence-electron chi connectivity index (χ1n) is 0.552. The molecule has 0 aromatic carbocycles. The van der Waals surface area contributed by atoms with Gasteiger partial charge in [0.25, 0.3) is 0 Å². The fourth-order valence-corrected chi connectivity index (χ4v) is 0. The van der Waals surface area contributed by atoms with Crippen LogP contribution in [-0.2, 0) is 22.4 Å². The minimum absolute atomic E-state index is 0. The fourth-order valence-electron chi connectivity index (χ4n) is 0. The molecule has 0 rings (SSSR count). The van der Waals surface area contributed by atoms with Crippen molar-refractivity contribution in [3.8, 4) is 0 Å². The van der Waals surface area contributed by atoms with Crippen LogP contribution in [0.2, 0.25) is 0 Å². The first kappa shape index (κ1) is 8.84. The maximum atomic E-state index is 4.65. The molecule has 0 amide bonds. The van der Waals surface area contributed by atoms with Crippen LogP contribution in [0, 0.1) is 6.58 Å². The van der Waals surface area contributed by atoms with E-state index in [1.807, 2.05) is 0 Å². The van der Waals surface area contributed by atoms with E-state index >= 15 is 0 Å². The second-order valence-electron chi connectivity index (χ2n) is 0.126. The Morgan fingerprint density at radius 2 is 1.75 bits per heavy atom. The molecule has 0 nitrogen and oxygen atoms in total. The van der Waals surface area contributed by atoms with E-state index in [-0.39, 0.29) is 22.4 Å². The molecule has 0 aromatic rings. The predicted octanol–water partition coefficient (Wildman–Crippen LogP) is 1.17. The third kappa shape index (κ3) is 14.6. The Hall–Kier alpha value is 0.770. The van der Waals surface area contributed by atoms with Crippen molar-refractivity contribution < 1.29 is 22.4 Å². The zero-order chi connectivity index (χ0) is 2.71. The van der Waals surface area contributed by atoms with Crippen molar-refractivity contribution in [1.29, 1.82) is 0 Å². The van der Waals surface area contributed by atoms with E-state index in [4.69, 9.17) is 0 Å². The Bertz CT molecular complexity index is 13.5. The number of hydrogen-bond donors (Lipinski definition) is 0. The molecule has 0 radical (unpaired) electrons. The van der Waals surface area contributed by atoms with Crippen LogP contribution in [0.15, 0.2) is 5.54 Å². The normalized spacial score (nSPS) is 3.25. The van der Waals surface area contributed by atoms with Gasteiger partial charge in [-0.3, -0.25) is 0 Å². The van der Waals surface area contributed by atoms with Crippen LogP contribution in [0.25, 0.3) is 0 Å². The zero-order valence-electron chi connectivity index (χ0n) is 1.83. The van der Waals surface area contributed by atoms with Gasteiger partial charge in [-0.2, -0.15) is 5.54 Å². The van der Waals surface area contributed by atoms with Gasteiger partial charge in [-0.1, -0.05) is 0 Å². The SMILES string of the molecule is [Au+].[CH-]=CCl. The van der Waals surface area contributed by atoms with Crippen molar-refractivity contribution in [2.75, 3.05) is 0 Å².